The van der Waals surface area contributed by atoms with Crippen LogP contribution >= 0.6 is 0 Å². The van der Waals surface area contributed by atoms with Crippen molar-refractivity contribution in [2.45, 2.75) is 39.4 Å². The van der Waals surface area contributed by atoms with Crippen LogP contribution in [0.25, 0.3) is 5.52 Å². The Morgan fingerprint density at radius 3 is 2.39 bits per heavy atom. The Morgan fingerprint density at radius 1 is 1.03 bits per heavy atom. The zero-order valence-electron chi connectivity index (χ0n) is 20.9. The lowest BCUT2D eigenvalue weighted by atomic mass is 9.93. The topological polar surface area (TPSA) is 101 Å². The number of aromatic nitrogens is 2. The number of nitrogens with zero attached hydrogens (tertiary/aromatic N) is 5. The molecule has 0 radical (unpaired) electrons. The maximum absolute atomic E-state index is 13.4. The molecule has 2 aliphatic rings. The molecule has 1 aromatic carbocycles. The summed E-state index contributed by atoms with van der Waals surface area (Å²) in [5.74, 6) is -0.498. The molecule has 12 heteroatoms. The number of hydrazone groups is 2. The lowest BCUT2D eigenvalue weighted by Gasteiger charge is -2.28. The zero-order chi connectivity index (χ0) is 27.2. The lowest BCUT2D eigenvalue weighted by molar-refractivity contribution is -0.141. The minimum absolute atomic E-state index is 0.0188. The van der Waals surface area contributed by atoms with Crippen molar-refractivity contribution in [2.24, 2.45) is 22.0 Å². The first-order chi connectivity index (χ1) is 18.0. The Morgan fingerprint density at radius 2 is 1.74 bits per heavy atom. The molecular formula is C26H25F3N6O3. The highest BCUT2D eigenvalue weighted by Gasteiger charge is 2.36. The Kier molecular flexibility index (Phi) is 6.41. The maximum atomic E-state index is 13.4. The third-order valence-electron chi connectivity index (χ3n) is 6.67. The fourth-order valence-corrected chi connectivity index (χ4v) is 4.71. The van der Waals surface area contributed by atoms with Crippen LogP contribution in [0.15, 0.2) is 52.7 Å². The summed E-state index contributed by atoms with van der Waals surface area (Å²) in [5.41, 5.74) is 5.05. The normalized spacial score (nSPS) is 20.3. The highest BCUT2D eigenvalue weighted by Crippen LogP contribution is 2.33. The number of hydrogen-bond donors (Lipinski definition) is 1. The van der Waals surface area contributed by atoms with Crippen LogP contribution in [0.4, 0.5) is 13.2 Å². The second-order valence-corrected chi connectivity index (χ2v) is 9.49. The van der Waals surface area contributed by atoms with Crippen LogP contribution in [0.1, 0.15) is 49.1 Å². The van der Waals surface area contributed by atoms with E-state index in [1.54, 1.807) is 6.07 Å². The van der Waals surface area contributed by atoms with E-state index >= 15 is 0 Å². The summed E-state index contributed by atoms with van der Waals surface area (Å²) < 4.78 is 46.6. The number of pyridine rings is 1. The van der Waals surface area contributed by atoms with Crippen molar-refractivity contribution in [1.29, 1.82) is 0 Å². The van der Waals surface area contributed by atoms with Gasteiger partial charge in [-0.05, 0) is 23.3 Å². The molecule has 2 atom stereocenters. The molecule has 2 unspecified atom stereocenters. The van der Waals surface area contributed by atoms with Crippen LogP contribution in [0, 0.1) is 11.8 Å². The van der Waals surface area contributed by atoms with E-state index in [2.05, 4.69) is 20.7 Å². The summed E-state index contributed by atoms with van der Waals surface area (Å²) in [6.07, 6.45) is -4.11. The number of benzene rings is 1. The number of amides is 2. The maximum Gasteiger partial charge on any atom is 0.435 e. The summed E-state index contributed by atoms with van der Waals surface area (Å²) in [6.45, 7) is 3.94. The van der Waals surface area contributed by atoms with Gasteiger partial charge in [-0.3, -0.25) is 9.59 Å². The molecule has 5 rings (SSSR count). The predicted molar refractivity (Wildman–Crippen MR) is 133 cm³/mol. The summed E-state index contributed by atoms with van der Waals surface area (Å²) in [6, 6.07) is 11.6. The van der Waals surface area contributed by atoms with Gasteiger partial charge in [0.15, 0.2) is 5.69 Å². The van der Waals surface area contributed by atoms with Crippen LogP contribution in [-0.2, 0) is 22.3 Å². The third kappa shape index (κ3) is 4.73. The van der Waals surface area contributed by atoms with Gasteiger partial charge in [0.05, 0.1) is 30.6 Å². The first-order valence-electron chi connectivity index (χ1n) is 12.0. The van der Waals surface area contributed by atoms with Gasteiger partial charge >= 0.3 is 6.18 Å². The molecule has 38 heavy (non-hydrogen) atoms. The zero-order valence-corrected chi connectivity index (χ0v) is 20.9. The summed E-state index contributed by atoms with van der Waals surface area (Å²) in [4.78, 5) is 24.4. The molecule has 0 saturated heterocycles. The average molecular weight is 527 g/mol. The van der Waals surface area contributed by atoms with Crippen molar-refractivity contribution in [1.82, 2.24) is 20.0 Å². The predicted octanol–water partition coefficient (Wildman–Crippen LogP) is 3.99. The molecule has 4 heterocycles. The van der Waals surface area contributed by atoms with Gasteiger partial charge in [-0.2, -0.15) is 33.0 Å². The number of nitrogens with one attached hydrogen (secondary N) is 1. The summed E-state index contributed by atoms with van der Waals surface area (Å²) in [7, 11) is 1.35. The summed E-state index contributed by atoms with van der Waals surface area (Å²) in [5, 5.41) is 13.8. The van der Waals surface area contributed by atoms with Crippen molar-refractivity contribution in [3.05, 3.63) is 64.8 Å². The summed E-state index contributed by atoms with van der Waals surface area (Å²) >= 11 is 0. The molecule has 198 valence electrons. The molecule has 2 aliphatic heterocycles. The fraction of sp³-hybridized carbons (Fsp3) is 0.346. The fourth-order valence-electron chi connectivity index (χ4n) is 4.71. The van der Waals surface area contributed by atoms with Gasteiger partial charge in [-0.1, -0.05) is 38.1 Å². The number of alkyl halides is 3. The molecule has 0 fully saturated rings. The van der Waals surface area contributed by atoms with Crippen molar-refractivity contribution in [3.63, 3.8) is 0 Å². The minimum Gasteiger partial charge on any atom is -0.481 e. The van der Waals surface area contributed by atoms with E-state index in [-0.39, 0.29) is 48.0 Å². The van der Waals surface area contributed by atoms with Crippen LogP contribution in [0.3, 0.4) is 0 Å². The number of ether oxygens (including phenoxy) is 1. The molecule has 0 bridgehead atoms. The molecule has 0 spiro atoms. The molecular weight excluding hydrogens is 501 g/mol. The van der Waals surface area contributed by atoms with Crippen molar-refractivity contribution in [3.8, 4) is 5.88 Å². The quantitative estimate of drug-likeness (QED) is 0.543. The highest BCUT2D eigenvalue weighted by atomic mass is 19.4. The number of fused-ring (bicyclic) bond motifs is 1. The smallest absolute Gasteiger partial charge is 0.435 e. The van der Waals surface area contributed by atoms with Gasteiger partial charge < -0.3 is 4.74 Å². The van der Waals surface area contributed by atoms with Crippen LogP contribution in [-0.4, -0.2) is 45.0 Å². The molecule has 9 nitrogen and oxygen atoms in total. The molecule has 3 aromatic rings. The lowest BCUT2D eigenvalue weighted by Crippen LogP contribution is -2.36. The first kappa shape index (κ1) is 25.4. The van der Waals surface area contributed by atoms with Gasteiger partial charge in [0.2, 0.25) is 17.7 Å². The van der Waals surface area contributed by atoms with E-state index in [0.717, 1.165) is 27.4 Å². The SMILES string of the molecule is COc1ccc(C2=NN(Cc3ccc(C4=NNC(=O)CC4C)cc3)C(=O)CC2C)c2cc(C(F)(F)F)nn12. The van der Waals surface area contributed by atoms with Crippen LogP contribution in [0.2, 0.25) is 0 Å². The van der Waals surface area contributed by atoms with E-state index in [0.29, 0.717) is 17.7 Å². The van der Waals surface area contributed by atoms with Gasteiger partial charge in [0.25, 0.3) is 0 Å². The number of rotatable bonds is 5. The highest BCUT2D eigenvalue weighted by molar-refractivity contribution is 6.10. The number of carbonyl (C=O) groups excluding carboxylic acids is 2. The largest absolute Gasteiger partial charge is 0.481 e. The molecule has 0 saturated carbocycles. The number of hydrogen-bond acceptors (Lipinski definition) is 6. The van der Waals surface area contributed by atoms with Gasteiger partial charge in [0, 0.05) is 36.3 Å². The molecule has 0 aliphatic carbocycles. The van der Waals surface area contributed by atoms with E-state index < -0.39 is 11.9 Å². The van der Waals surface area contributed by atoms with Gasteiger partial charge in [-0.25, -0.2) is 10.4 Å². The van der Waals surface area contributed by atoms with Crippen LogP contribution < -0.4 is 10.2 Å². The standard InChI is InChI=1S/C26H25F3N6O3/c1-14-10-21(36)30-31-24(14)17-6-4-16(5-7-17)13-34-22(37)11-15(2)25(33-34)18-8-9-23(38-3)35-19(18)12-20(32-35)26(27,28)29/h4-9,12,14-15H,10-11,13H2,1-3H3,(H,30,36). The molecule has 1 N–H and O–H groups in total. The van der Waals surface area contributed by atoms with Gasteiger partial charge in [-0.15, -0.1) is 0 Å². The number of carbonyl (C=O) groups is 2. The average Bonchev–Trinajstić information content (AvgIpc) is 3.32. The van der Waals surface area contributed by atoms with Crippen LogP contribution in [0.5, 0.6) is 5.88 Å². The number of halogens is 3. The third-order valence-corrected chi connectivity index (χ3v) is 6.67. The Hall–Kier alpha value is -4.22. The monoisotopic (exact) mass is 526 g/mol. The number of methoxy groups -OCH3 is 1. The Bertz CT molecular complexity index is 1480. The van der Waals surface area contributed by atoms with Gasteiger partial charge in [0.1, 0.15) is 0 Å². The van der Waals surface area contributed by atoms with E-state index in [9.17, 15) is 22.8 Å². The van der Waals surface area contributed by atoms with Crippen molar-refractivity contribution in [2.75, 3.05) is 7.11 Å². The van der Waals surface area contributed by atoms with E-state index in [1.807, 2.05) is 38.1 Å². The van der Waals surface area contributed by atoms with Crippen molar-refractivity contribution < 1.29 is 27.5 Å². The molecule has 2 aromatic heterocycles. The van der Waals surface area contributed by atoms with E-state index in [4.69, 9.17) is 4.74 Å². The second-order valence-electron chi connectivity index (χ2n) is 9.49. The first-order valence-corrected chi connectivity index (χ1v) is 12.0. The Balaban J connectivity index is 1.46. The minimum atomic E-state index is -4.63. The second kappa shape index (κ2) is 9.58. The van der Waals surface area contributed by atoms with Crippen molar-refractivity contribution >= 4 is 28.8 Å². The molecule has 2 amide bonds. The Labute approximate surface area is 216 Å². The van der Waals surface area contributed by atoms with E-state index in [1.165, 1.54) is 18.2 Å².